The quantitative estimate of drug-likeness (QED) is 0.814. The average Bonchev–Trinajstić information content (AvgIpc) is 2.68. The van der Waals surface area contributed by atoms with Crippen molar-refractivity contribution in [1.29, 1.82) is 0 Å². The molecule has 8 heteroatoms. The summed E-state index contributed by atoms with van der Waals surface area (Å²) in [7, 11) is 0. The van der Waals surface area contributed by atoms with Crippen LogP contribution >= 0.6 is 0 Å². The molecule has 2 aliphatic heterocycles. The number of carbonyl (C=O) groups is 2. The maximum absolute atomic E-state index is 12.6. The van der Waals surface area contributed by atoms with Crippen LogP contribution in [0.1, 0.15) is 37.0 Å². The van der Waals surface area contributed by atoms with Crippen LogP contribution in [0.4, 0.5) is 10.7 Å². The van der Waals surface area contributed by atoms with Crippen molar-refractivity contribution in [1.82, 2.24) is 19.8 Å². The van der Waals surface area contributed by atoms with Gasteiger partial charge in [-0.3, -0.25) is 4.79 Å². The molecule has 0 N–H and O–H groups in total. The summed E-state index contributed by atoms with van der Waals surface area (Å²) in [6.07, 6.45) is 5.30. The lowest BCUT2D eigenvalue weighted by molar-refractivity contribution is 0.0570. The van der Waals surface area contributed by atoms with Gasteiger partial charge in [0.05, 0.1) is 12.2 Å². The van der Waals surface area contributed by atoms with Gasteiger partial charge in [-0.2, -0.15) is 0 Å². The van der Waals surface area contributed by atoms with E-state index in [-0.39, 0.29) is 12.0 Å². The molecule has 0 saturated carbocycles. The van der Waals surface area contributed by atoms with E-state index in [2.05, 4.69) is 21.8 Å². The van der Waals surface area contributed by atoms with E-state index in [1.807, 2.05) is 0 Å². The first-order chi connectivity index (χ1) is 12.6. The fraction of sp³-hybridized carbons (Fsp3) is 0.667. The summed E-state index contributed by atoms with van der Waals surface area (Å²) in [6, 6.07) is 0. The van der Waals surface area contributed by atoms with Crippen molar-refractivity contribution in [2.75, 3.05) is 50.8 Å². The van der Waals surface area contributed by atoms with Crippen molar-refractivity contribution in [2.24, 2.45) is 5.92 Å². The molecule has 2 amide bonds. The van der Waals surface area contributed by atoms with E-state index in [0.29, 0.717) is 50.2 Å². The van der Waals surface area contributed by atoms with Gasteiger partial charge in [-0.15, -0.1) is 0 Å². The maximum atomic E-state index is 12.6. The molecule has 0 bridgehead atoms. The highest BCUT2D eigenvalue weighted by atomic mass is 16.6. The summed E-state index contributed by atoms with van der Waals surface area (Å²) in [5.74, 6) is 1.25. The molecular weight excluding hydrogens is 334 g/mol. The van der Waals surface area contributed by atoms with Gasteiger partial charge in [0.1, 0.15) is 0 Å². The second-order valence-electron chi connectivity index (χ2n) is 6.94. The molecule has 0 radical (unpaired) electrons. The fourth-order valence-electron chi connectivity index (χ4n) is 3.46. The first kappa shape index (κ1) is 18.4. The molecule has 26 heavy (non-hydrogen) atoms. The molecule has 2 aliphatic rings. The minimum atomic E-state index is -0.317. The number of ether oxygens (including phenoxy) is 1. The summed E-state index contributed by atoms with van der Waals surface area (Å²) in [5, 5.41) is 0. The molecule has 1 atom stereocenters. The zero-order valence-corrected chi connectivity index (χ0v) is 15.6. The molecule has 1 aromatic heterocycles. The van der Waals surface area contributed by atoms with Crippen LogP contribution in [0.3, 0.4) is 0 Å². The van der Waals surface area contributed by atoms with Gasteiger partial charge in [-0.05, 0) is 25.7 Å². The van der Waals surface area contributed by atoms with E-state index in [4.69, 9.17) is 4.74 Å². The Hall–Kier alpha value is -2.38. The van der Waals surface area contributed by atoms with Crippen LogP contribution in [-0.2, 0) is 4.74 Å². The SMILES string of the molecule is CCOC(=O)N1CCN(C(=O)c2cnc(N3CCCC(C)C3)nc2)CC1. The van der Waals surface area contributed by atoms with Crippen LogP contribution in [0.15, 0.2) is 12.4 Å². The number of piperidine rings is 1. The molecule has 2 saturated heterocycles. The van der Waals surface area contributed by atoms with E-state index >= 15 is 0 Å². The second kappa shape index (κ2) is 8.33. The topological polar surface area (TPSA) is 78.9 Å². The minimum Gasteiger partial charge on any atom is -0.450 e. The van der Waals surface area contributed by atoms with Crippen molar-refractivity contribution in [2.45, 2.75) is 26.7 Å². The third-order valence-corrected chi connectivity index (χ3v) is 4.92. The number of hydrogen-bond donors (Lipinski definition) is 0. The van der Waals surface area contributed by atoms with Crippen LogP contribution < -0.4 is 4.90 Å². The van der Waals surface area contributed by atoms with E-state index < -0.39 is 0 Å². The number of rotatable bonds is 3. The zero-order valence-electron chi connectivity index (χ0n) is 15.6. The number of amides is 2. The molecule has 0 aromatic carbocycles. The lowest BCUT2D eigenvalue weighted by atomic mass is 10.0. The number of aromatic nitrogens is 2. The van der Waals surface area contributed by atoms with Gasteiger partial charge in [0.2, 0.25) is 5.95 Å². The predicted octanol–water partition coefficient (Wildman–Crippen LogP) is 1.63. The molecule has 0 aliphatic carbocycles. The van der Waals surface area contributed by atoms with Crippen LogP contribution in [0.25, 0.3) is 0 Å². The normalized spacial score (nSPS) is 20.8. The number of nitrogens with zero attached hydrogens (tertiary/aromatic N) is 5. The summed E-state index contributed by atoms with van der Waals surface area (Å²) in [6.45, 7) is 8.25. The zero-order chi connectivity index (χ0) is 18.5. The van der Waals surface area contributed by atoms with Crippen LogP contribution in [0.2, 0.25) is 0 Å². The Labute approximate surface area is 154 Å². The van der Waals surface area contributed by atoms with Crippen LogP contribution in [0.5, 0.6) is 0 Å². The van der Waals surface area contributed by atoms with Gasteiger partial charge >= 0.3 is 6.09 Å². The maximum Gasteiger partial charge on any atom is 0.409 e. The van der Waals surface area contributed by atoms with Crippen molar-refractivity contribution >= 4 is 17.9 Å². The summed E-state index contributed by atoms with van der Waals surface area (Å²) >= 11 is 0. The van der Waals surface area contributed by atoms with Gasteiger partial charge in [-0.25, -0.2) is 14.8 Å². The smallest absolute Gasteiger partial charge is 0.409 e. The van der Waals surface area contributed by atoms with Gasteiger partial charge in [0.25, 0.3) is 5.91 Å². The van der Waals surface area contributed by atoms with E-state index in [1.54, 1.807) is 29.1 Å². The Balaban J connectivity index is 1.56. The summed E-state index contributed by atoms with van der Waals surface area (Å²) in [5.41, 5.74) is 0.489. The summed E-state index contributed by atoms with van der Waals surface area (Å²) < 4.78 is 5.00. The third-order valence-electron chi connectivity index (χ3n) is 4.92. The van der Waals surface area contributed by atoms with Crippen molar-refractivity contribution in [3.8, 4) is 0 Å². The standard InChI is InChI=1S/C18H27N5O3/c1-3-26-18(25)22-9-7-21(8-10-22)16(24)15-11-19-17(20-12-15)23-6-4-5-14(2)13-23/h11-12,14H,3-10,13H2,1-2H3. The molecule has 3 rings (SSSR count). The van der Waals surface area contributed by atoms with Crippen molar-refractivity contribution in [3.05, 3.63) is 18.0 Å². The molecular formula is C18H27N5O3. The van der Waals surface area contributed by atoms with Gasteiger partial charge < -0.3 is 19.4 Å². The highest BCUT2D eigenvalue weighted by Gasteiger charge is 2.26. The third kappa shape index (κ3) is 4.23. The van der Waals surface area contributed by atoms with Crippen LogP contribution in [-0.4, -0.2) is 77.6 Å². The lowest BCUT2D eigenvalue weighted by Crippen LogP contribution is -2.50. The Morgan fingerprint density at radius 1 is 1.12 bits per heavy atom. The van der Waals surface area contributed by atoms with E-state index in [9.17, 15) is 9.59 Å². The number of anilines is 1. The largest absolute Gasteiger partial charge is 0.450 e. The molecule has 1 aromatic rings. The number of piperazine rings is 1. The first-order valence-electron chi connectivity index (χ1n) is 9.36. The minimum absolute atomic E-state index is 0.0907. The molecule has 2 fully saturated rings. The number of carbonyl (C=O) groups excluding carboxylic acids is 2. The molecule has 142 valence electrons. The number of hydrogen-bond acceptors (Lipinski definition) is 6. The van der Waals surface area contributed by atoms with E-state index in [0.717, 1.165) is 19.5 Å². The fourth-order valence-corrected chi connectivity index (χ4v) is 3.46. The first-order valence-corrected chi connectivity index (χ1v) is 9.36. The van der Waals surface area contributed by atoms with Gasteiger partial charge in [-0.1, -0.05) is 6.92 Å². The Kier molecular flexibility index (Phi) is 5.90. The highest BCUT2D eigenvalue weighted by Crippen LogP contribution is 2.19. The van der Waals surface area contributed by atoms with Crippen molar-refractivity contribution in [3.63, 3.8) is 0 Å². The molecule has 3 heterocycles. The lowest BCUT2D eigenvalue weighted by Gasteiger charge is -2.34. The monoisotopic (exact) mass is 361 g/mol. The highest BCUT2D eigenvalue weighted by molar-refractivity contribution is 5.93. The van der Waals surface area contributed by atoms with Crippen molar-refractivity contribution < 1.29 is 14.3 Å². The Bertz CT molecular complexity index is 628. The predicted molar refractivity (Wildman–Crippen MR) is 97.1 cm³/mol. The van der Waals surface area contributed by atoms with Crippen LogP contribution in [0, 0.1) is 5.92 Å². The molecule has 8 nitrogen and oxygen atoms in total. The Morgan fingerprint density at radius 2 is 1.77 bits per heavy atom. The Morgan fingerprint density at radius 3 is 2.38 bits per heavy atom. The van der Waals surface area contributed by atoms with Gasteiger partial charge in [0, 0.05) is 51.7 Å². The van der Waals surface area contributed by atoms with Gasteiger partial charge in [0.15, 0.2) is 0 Å². The molecule has 1 unspecified atom stereocenters. The average molecular weight is 361 g/mol. The molecule has 0 spiro atoms. The van der Waals surface area contributed by atoms with E-state index in [1.165, 1.54) is 6.42 Å². The second-order valence-corrected chi connectivity index (χ2v) is 6.94. The summed E-state index contributed by atoms with van der Waals surface area (Å²) in [4.78, 5) is 38.7.